The third-order valence-electron chi connectivity index (χ3n) is 2.94. The normalized spacial score (nSPS) is 10.7. The predicted molar refractivity (Wildman–Crippen MR) is 105 cm³/mol. The standard InChI is InChI=1S/C16H15ClN6O4S/c1-16(2,3)27-15(24)21-10-5-4-9(17)6-11(10)20-14-19-7-12(23(25)26)13(22-14)28-8-18/h4-7H,1-3H3,(H,21,24)(H,19,20,22). The molecule has 1 aromatic heterocycles. The summed E-state index contributed by atoms with van der Waals surface area (Å²) in [6.07, 6.45) is 0.309. The summed E-state index contributed by atoms with van der Waals surface area (Å²) < 4.78 is 5.21. The summed E-state index contributed by atoms with van der Waals surface area (Å²) in [5.41, 5.74) is -0.417. The minimum atomic E-state index is -0.686. The molecular weight excluding hydrogens is 408 g/mol. The largest absolute Gasteiger partial charge is 0.444 e. The Morgan fingerprint density at radius 1 is 1.39 bits per heavy atom. The van der Waals surface area contributed by atoms with Gasteiger partial charge in [-0.3, -0.25) is 15.4 Å². The third kappa shape index (κ3) is 5.97. The number of nitrogens with one attached hydrogen (secondary N) is 2. The van der Waals surface area contributed by atoms with Crippen LogP contribution in [0.1, 0.15) is 20.8 Å². The van der Waals surface area contributed by atoms with Crippen LogP contribution in [0.15, 0.2) is 29.4 Å². The zero-order valence-electron chi connectivity index (χ0n) is 15.0. The summed E-state index contributed by atoms with van der Waals surface area (Å²) in [4.78, 5) is 30.2. The molecule has 0 aliphatic rings. The van der Waals surface area contributed by atoms with Gasteiger partial charge in [-0.05, 0) is 39.0 Å². The number of rotatable bonds is 5. The summed E-state index contributed by atoms with van der Waals surface area (Å²) in [5, 5.41) is 27.2. The second kappa shape index (κ2) is 8.73. The van der Waals surface area contributed by atoms with Gasteiger partial charge in [0.2, 0.25) is 5.95 Å². The molecular formula is C16H15ClN6O4S. The van der Waals surface area contributed by atoms with Gasteiger partial charge in [0.25, 0.3) is 0 Å². The van der Waals surface area contributed by atoms with Crippen molar-refractivity contribution < 1.29 is 14.5 Å². The molecule has 2 aromatic rings. The molecule has 0 aliphatic heterocycles. The summed E-state index contributed by atoms with van der Waals surface area (Å²) >= 11 is 6.55. The highest BCUT2D eigenvalue weighted by Crippen LogP contribution is 2.31. The van der Waals surface area contributed by atoms with Gasteiger partial charge in [-0.15, -0.1) is 0 Å². The molecule has 1 aromatic carbocycles. The first-order valence-electron chi connectivity index (χ1n) is 7.73. The number of nitriles is 1. The molecule has 0 fully saturated rings. The Morgan fingerprint density at radius 3 is 2.71 bits per heavy atom. The highest BCUT2D eigenvalue weighted by Gasteiger charge is 2.20. The average Bonchev–Trinajstić information content (AvgIpc) is 2.56. The molecule has 0 bridgehead atoms. The zero-order chi connectivity index (χ0) is 20.9. The highest BCUT2D eigenvalue weighted by atomic mass is 35.5. The lowest BCUT2D eigenvalue weighted by Crippen LogP contribution is -2.27. The molecule has 12 heteroatoms. The SMILES string of the molecule is CC(C)(C)OC(=O)Nc1ccc(Cl)cc1Nc1ncc([N+](=O)[O-])c(SC#N)n1. The first-order chi connectivity index (χ1) is 13.1. The van der Waals surface area contributed by atoms with Crippen molar-refractivity contribution in [2.45, 2.75) is 31.4 Å². The van der Waals surface area contributed by atoms with Crippen LogP contribution in [0.3, 0.4) is 0 Å². The Kier molecular flexibility index (Phi) is 6.61. The number of benzene rings is 1. The highest BCUT2D eigenvalue weighted by molar-refractivity contribution is 8.03. The molecule has 0 spiro atoms. The number of amides is 1. The van der Waals surface area contributed by atoms with E-state index in [4.69, 9.17) is 21.6 Å². The number of hydrogen-bond acceptors (Lipinski definition) is 9. The number of carbonyl (C=O) groups is 1. The van der Waals surface area contributed by atoms with Gasteiger partial charge >= 0.3 is 11.8 Å². The predicted octanol–water partition coefficient (Wildman–Crippen LogP) is 4.70. The maximum Gasteiger partial charge on any atom is 0.412 e. The molecule has 0 saturated carbocycles. The fourth-order valence-electron chi connectivity index (χ4n) is 1.93. The van der Waals surface area contributed by atoms with Crippen molar-refractivity contribution in [3.63, 3.8) is 0 Å². The quantitative estimate of drug-likeness (QED) is 0.230. The van der Waals surface area contributed by atoms with Gasteiger partial charge in [-0.2, -0.15) is 10.2 Å². The van der Waals surface area contributed by atoms with E-state index < -0.39 is 22.3 Å². The molecule has 0 aliphatic carbocycles. The molecule has 146 valence electrons. The Morgan fingerprint density at radius 2 is 2.11 bits per heavy atom. The maximum absolute atomic E-state index is 12.0. The molecule has 0 radical (unpaired) electrons. The number of halogens is 1. The third-order valence-corrected chi connectivity index (χ3v) is 3.76. The van der Waals surface area contributed by atoms with Crippen LogP contribution in [-0.4, -0.2) is 26.6 Å². The minimum absolute atomic E-state index is 0.0159. The first kappa shape index (κ1) is 21.2. The Bertz CT molecular complexity index is 957. The molecule has 28 heavy (non-hydrogen) atoms. The minimum Gasteiger partial charge on any atom is -0.444 e. The molecule has 0 saturated heterocycles. The van der Waals surface area contributed by atoms with Crippen LogP contribution in [0.25, 0.3) is 0 Å². The van der Waals surface area contributed by atoms with E-state index in [1.54, 1.807) is 38.3 Å². The van der Waals surface area contributed by atoms with E-state index in [0.717, 1.165) is 6.20 Å². The van der Waals surface area contributed by atoms with Crippen LogP contribution in [-0.2, 0) is 4.74 Å². The molecule has 2 N–H and O–H groups in total. The number of aromatic nitrogens is 2. The molecule has 0 unspecified atom stereocenters. The van der Waals surface area contributed by atoms with E-state index in [0.29, 0.717) is 28.2 Å². The maximum atomic E-state index is 12.0. The van der Waals surface area contributed by atoms with Gasteiger partial charge < -0.3 is 10.1 Å². The smallest absolute Gasteiger partial charge is 0.412 e. The number of nitrogens with zero attached hydrogens (tertiary/aromatic N) is 4. The van der Waals surface area contributed by atoms with E-state index in [2.05, 4.69) is 20.6 Å². The summed E-state index contributed by atoms with van der Waals surface area (Å²) in [5.74, 6) is -0.0159. The number of ether oxygens (including phenoxy) is 1. The summed E-state index contributed by atoms with van der Waals surface area (Å²) in [6.45, 7) is 5.19. The van der Waals surface area contributed by atoms with Gasteiger partial charge in [0, 0.05) is 16.8 Å². The van der Waals surface area contributed by atoms with Crippen molar-refractivity contribution in [1.29, 1.82) is 5.26 Å². The average molecular weight is 423 g/mol. The van der Waals surface area contributed by atoms with E-state index in [1.807, 2.05) is 0 Å². The molecule has 10 nitrogen and oxygen atoms in total. The van der Waals surface area contributed by atoms with E-state index in [1.165, 1.54) is 6.07 Å². The fraction of sp³-hybridized carbons (Fsp3) is 0.250. The summed E-state index contributed by atoms with van der Waals surface area (Å²) in [6, 6.07) is 4.62. The lowest BCUT2D eigenvalue weighted by molar-refractivity contribution is -0.388. The lowest BCUT2D eigenvalue weighted by Gasteiger charge is -2.20. The van der Waals surface area contributed by atoms with Gasteiger partial charge in [-0.25, -0.2) is 9.78 Å². The van der Waals surface area contributed by atoms with Crippen LogP contribution < -0.4 is 10.6 Å². The van der Waals surface area contributed by atoms with Crippen LogP contribution in [0.4, 0.5) is 27.8 Å². The first-order valence-corrected chi connectivity index (χ1v) is 8.92. The van der Waals surface area contributed by atoms with Crippen LogP contribution in [0.5, 0.6) is 0 Å². The second-order valence-electron chi connectivity index (χ2n) is 6.28. The topological polar surface area (TPSA) is 143 Å². The number of anilines is 3. The van der Waals surface area contributed by atoms with Crippen molar-refractivity contribution in [2.75, 3.05) is 10.6 Å². The monoisotopic (exact) mass is 422 g/mol. The number of carbonyl (C=O) groups excluding carboxylic acids is 1. The number of hydrogen-bond donors (Lipinski definition) is 2. The number of thiocyanates is 1. The van der Waals surface area contributed by atoms with Crippen molar-refractivity contribution in [3.8, 4) is 5.40 Å². The lowest BCUT2D eigenvalue weighted by atomic mass is 10.2. The van der Waals surface area contributed by atoms with Crippen molar-refractivity contribution in [1.82, 2.24) is 9.97 Å². The molecule has 1 heterocycles. The van der Waals surface area contributed by atoms with Crippen molar-refractivity contribution >= 4 is 52.5 Å². The van der Waals surface area contributed by atoms with E-state index in [9.17, 15) is 14.9 Å². The Balaban J connectivity index is 2.32. The van der Waals surface area contributed by atoms with Gasteiger partial charge in [-0.1, -0.05) is 11.6 Å². The Hall–Kier alpha value is -3.10. The van der Waals surface area contributed by atoms with Crippen molar-refractivity contribution in [3.05, 3.63) is 39.5 Å². The van der Waals surface area contributed by atoms with E-state index in [-0.39, 0.29) is 11.0 Å². The zero-order valence-corrected chi connectivity index (χ0v) is 16.6. The summed E-state index contributed by atoms with van der Waals surface area (Å²) in [7, 11) is 0. The van der Waals surface area contributed by atoms with Crippen molar-refractivity contribution in [2.24, 2.45) is 0 Å². The molecule has 0 atom stereocenters. The number of nitro groups is 1. The number of thioether (sulfide) groups is 1. The fourth-order valence-corrected chi connectivity index (χ4v) is 2.55. The van der Waals surface area contributed by atoms with Gasteiger partial charge in [0.05, 0.1) is 16.3 Å². The second-order valence-corrected chi connectivity index (χ2v) is 7.49. The van der Waals surface area contributed by atoms with Gasteiger partial charge in [0.15, 0.2) is 5.03 Å². The van der Waals surface area contributed by atoms with E-state index >= 15 is 0 Å². The van der Waals surface area contributed by atoms with Crippen LogP contribution >= 0.6 is 23.4 Å². The molecule has 1 amide bonds. The Labute approximate surface area is 169 Å². The molecule has 2 rings (SSSR count). The van der Waals surface area contributed by atoms with Crippen LogP contribution in [0.2, 0.25) is 5.02 Å². The van der Waals surface area contributed by atoms with Crippen LogP contribution in [0, 0.1) is 20.8 Å². The van der Waals surface area contributed by atoms with Gasteiger partial charge in [0.1, 0.15) is 17.2 Å².